The van der Waals surface area contributed by atoms with Crippen LogP contribution in [0.2, 0.25) is 5.02 Å². The van der Waals surface area contributed by atoms with Gasteiger partial charge in [0, 0.05) is 18.5 Å². The van der Waals surface area contributed by atoms with Gasteiger partial charge in [-0.2, -0.15) is 13.1 Å². The third-order valence-electron chi connectivity index (χ3n) is 5.55. The normalized spacial score (nSPS) is 24.3. The fourth-order valence-corrected chi connectivity index (χ4v) is 4.76. The topological polar surface area (TPSA) is 175 Å². The Kier molecular flexibility index (Phi) is 9.66. The summed E-state index contributed by atoms with van der Waals surface area (Å²) in [6, 6.07) is 12.1. The predicted molar refractivity (Wildman–Crippen MR) is 130 cm³/mol. The second kappa shape index (κ2) is 12.3. The van der Waals surface area contributed by atoms with Gasteiger partial charge in [-0.25, -0.2) is 4.72 Å². The molecule has 0 spiro atoms. The van der Waals surface area contributed by atoms with E-state index in [1.54, 1.807) is 35.1 Å². The Labute approximate surface area is 213 Å². The molecule has 5 atom stereocenters. The van der Waals surface area contributed by atoms with Crippen molar-refractivity contribution in [1.29, 1.82) is 0 Å². The Hall–Kier alpha value is -2.29. The van der Waals surface area contributed by atoms with E-state index < -0.39 is 53.2 Å². The van der Waals surface area contributed by atoms with Gasteiger partial charge in [0.25, 0.3) is 0 Å². The molecule has 36 heavy (non-hydrogen) atoms. The number of carbonyl (C=O) groups is 1. The van der Waals surface area contributed by atoms with Crippen molar-refractivity contribution in [2.75, 3.05) is 19.8 Å². The lowest BCUT2D eigenvalue weighted by atomic mass is 9.90. The van der Waals surface area contributed by atoms with Gasteiger partial charge < -0.3 is 29.9 Å². The minimum atomic E-state index is -3.91. The number of benzene rings is 2. The van der Waals surface area contributed by atoms with Crippen molar-refractivity contribution < 1.29 is 43.1 Å². The van der Waals surface area contributed by atoms with Crippen molar-refractivity contribution in [2.45, 2.75) is 43.9 Å². The maximum absolute atomic E-state index is 11.5. The summed E-state index contributed by atoms with van der Waals surface area (Å²) in [6.07, 6.45) is -5.85. The summed E-state index contributed by atoms with van der Waals surface area (Å²) in [5.41, 5.74) is 2.15. The summed E-state index contributed by atoms with van der Waals surface area (Å²) in [5, 5.41) is 40.4. The lowest BCUT2D eigenvalue weighted by molar-refractivity contribution is -0.231. The summed E-state index contributed by atoms with van der Waals surface area (Å²) in [4.78, 5) is 10.8. The van der Waals surface area contributed by atoms with Crippen LogP contribution in [0.15, 0.2) is 42.5 Å². The second-order valence-electron chi connectivity index (χ2n) is 8.33. The van der Waals surface area contributed by atoms with Gasteiger partial charge in [0.05, 0.1) is 6.61 Å². The molecule has 11 nitrogen and oxygen atoms in total. The van der Waals surface area contributed by atoms with Crippen LogP contribution in [-0.2, 0) is 26.2 Å². The van der Waals surface area contributed by atoms with Gasteiger partial charge in [-0.15, -0.1) is 0 Å². The first kappa shape index (κ1) is 28.3. The molecule has 2 aromatic rings. The van der Waals surface area contributed by atoms with Gasteiger partial charge in [0.2, 0.25) is 5.91 Å². The average molecular weight is 545 g/mol. The number of halogens is 1. The fraction of sp³-hybridized carbons (Fsp3) is 0.435. The zero-order valence-electron chi connectivity index (χ0n) is 19.4. The highest BCUT2D eigenvalue weighted by atomic mass is 35.5. The molecule has 6 N–H and O–H groups in total. The van der Waals surface area contributed by atoms with E-state index in [9.17, 15) is 33.6 Å². The fourth-order valence-electron chi connectivity index (χ4n) is 3.78. The zero-order chi connectivity index (χ0) is 26.5. The number of aliphatic hydroxyl groups excluding tert-OH is 4. The number of ether oxygens (including phenoxy) is 2. The molecular weight excluding hydrogens is 516 g/mol. The Balaban J connectivity index is 1.61. The predicted octanol–water partition coefficient (Wildman–Crippen LogP) is -0.205. The monoisotopic (exact) mass is 544 g/mol. The van der Waals surface area contributed by atoms with Crippen LogP contribution in [0.25, 0.3) is 0 Å². The first-order valence-corrected chi connectivity index (χ1v) is 13.0. The molecule has 1 fully saturated rings. The molecule has 1 amide bonds. The molecule has 2 aromatic carbocycles. The molecule has 1 aliphatic rings. The van der Waals surface area contributed by atoms with Crippen LogP contribution in [0, 0.1) is 0 Å². The van der Waals surface area contributed by atoms with E-state index in [0.717, 1.165) is 18.1 Å². The largest absolute Gasteiger partial charge is 0.492 e. The number of hydrogen-bond donors (Lipinski definition) is 6. The van der Waals surface area contributed by atoms with Crippen molar-refractivity contribution in [3.05, 3.63) is 64.2 Å². The molecular formula is C23H29ClN2O9S. The van der Waals surface area contributed by atoms with Crippen molar-refractivity contribution in [3.63, 3.8) is 0 Å². The molecule has 0 aromatic heterocycles. The second-order valence-corrected chi connectivity index (χ2v) is 10.2. The van der Waals surface area contributed by atoms with Crippen molar-refractivity contribution in [1.82, 2.24) is 9.44 Å². The molecule has 0 unspecified atom stereocenters. The number of amides is 1. The highest BCUT2D eigenvalue weighted by Gasteiger charge is 2.44. The molecule has 0 saturated carbocycles. The SMILES string of the molecule is CC(=O)NS(=O)(=O)NCCOc1ccc(Cc2cc([C@@H]3O[C@H](CO)[C@@H](O)[C@H](O)[C@H]3O)ccc2Cl)cc1. The summed E-state index contributed by atoms with van der Waals surface area (Å²) in [5.74, 6) is -0.184. The summed E-state index contributed by atoms with van der Waals surface area (Å²) < 4.78 is 38.2. The summed E-state index contributed by atoms with van der Waals surface area (Å²) >= 11 is 6.37. The van der Waals surface area contributed by atoms with Crippen LogP contribution < -0.4 is 14.2 Å². The van der Waals surface area contributed by atoms with Crippen LogP contribution in [0.1, 0.15) is 29.7 Å². The lowest BCUT2D eigenvalue weighted by Crippen LogP contribution is -2.55. The zero-order valence-corrected chi connectivity index (χ0v) is 20.9. The van der Waals surface area contributed by atoms with E-state index in [1.165, 1.54) is 0 Å². The maximum atomic E-state index is 11.5. The highest BCUT2D eigenvalue weighted by Crippen LogP contribution is 2.34. The van der Waals surface area contributed by atoms with E-state index in [0.29, 0.717) is 22.8 Å². The number of nitrogens with one attached hydrogen (secondary N) is 2. The molecule has 0 radical (unpaired) electrons. The summed E-state index contributed by atoms with van der Waals surface area (Å²) in [6.45, 7) is 0.587. The van der Waals surface area contributed by atoms with Crippen LogP contribution >= 0.6 is 11.6 Å². The van der Waals surface area contributed by atoms with Crippen molar-refractivity contribution in [3.8, 4) is 5.75 Å². The van der Waals surface area contributed by atoms with Gasteiger partial charge in [-0.3, -0.25) is 4.79 Å². The van der Waals surface area contributed by atoms with E-state index in [4.69, 9.17) is 21.1 Å². The van der Waals surface area contributed by atoms with Crippen LogP contribution in [0.5, 0.6) is 5.75 Å². The number of rotatable bonds is 10. The lowest BCUT2D eigenvalue weighted by Gasteiger charge is -2.40. The number of aliphatic hydroxyl groups is 4. The minimum absolute atomic E-state index is 0.0370. The van der Waals surface area contributed by atoms with Gasteiger partial charge >= 0.3 is 10.2 Å². The Morgan fingerprint density at radius 1 is 1.08 bits per heavy atom. The molecule has 0 aliphatic carbocycles. The molecule has 198 valence electrons. The van der Waals surface area contributed by atoms with E-state index in [1.807, 2.05) is 12.1 Å². The van der Waals surface area contributed by atoms with Crippen molar-refractivity contribution in [2.24, 2.45) is 0 Å². The van der Waals surface area contributed by atoms with Gasteiger partial charge in [0.1, 0.15) is 42.9 Å². The average Bonchev–Trinajstić information content (AvgIpc) is 2.82. The smallest absolute Gasteiger partial charge is 0.301 e. The summed E-state index contributed by atoms with van der Waals surface area (Å²) in [7, 11) is -3.91. The van der Waals surface area contributed by atoms with Crippen LogP contribution in [0.4, 0.5) is 0 Å². The third kappa shape index (κ3) is 7.37. The molecule has 0 bridgehead atoms. The molecule has 1 heterocycles. The molecule has 1 saturated heterocycles. The molecule has 1 aliphatic heterocycles. The maximum Gasteiger partial charge on any atom is 0.301 e. The van der Waals surface area contributed by atoms with Gasteiger partial charge in [-0.1, -0.05) is 35.9 Å². The third-order valence-corrected chi connectivity index (χ3v) is 7.06. The van der Waals surface area contributed by atoms with Gasteiger partial charge in [-0.05, 0) is 41.3 Å². The quantitative estimate of drug-likeness (QED) is 0.221. The first-order chi connectivity index (χ1) is 17.0. The van der Waals surface area contributed by atoms with Crippen molar-refractivity contribution >= 4 is 27.7 Å². The highest BCUT2D eigenvalue weighted by molar-refractivity contribution is 7.88. The number of hydrogen-bond acceptors (Lipinski definition) is 9. The first-order valence-electron chi connectivity index (χ1n) is 11.1. The van der Waals surface area contributed by atoms with Crippen LogP contribution in [0.3, 0.4) is 0 Å². The number of carbonyl (C=O) groups excluding carboxylic acids is 1. The molecule has 3 rings (SSSR count). The van der Waals surface area contributed by atoms with E-state index >= 15 is 0 Å². The van der Waals surface area contributed by atoms with E-state index in [-0.39, 0.29) is 13.2 Å². The minimum Gasteiger partial charge on any atom is -0.492 e. The van der Waals surface area contributed by atoms with Gasteiger partial charge in [0.15, 0.2) is 0 Å². The standard InChI is InChI=1S/C23H29ClN2O9S/c1-13(28)26-36(32,33)25-8-9-34-17-5-2-14(3-6-17)10-16-11-15(4-7-18(16)24)23-22(31)21(30)20(29)19(12-27)35-23/h2-7,11,19-23,25,27,29-31H,8-10,12H2,1H3,(H,26,28)/t19-,20-,21+,22-,23+/m1/s1. The Morgan fingerprint density at radius 3 is 2.42 bits per heavy atom. The van der Waals surface area contributed by atoms with E-state index in [2.05, 4.69) is 4.72 Å². The Bertz CT molecular complexity index is 1140. The molecule has 13 heteroatoms. The van der Waals surface area contributed by atoms with Crippen LogP contribution in [-0.4, -0.2) is 78.9 Å². The Morgan fingerprint density at radius 2 is 1.78 bits per heavy atom.